The minimum absolute atomic E-state index is 0.0185. The van der Waals surface area contributed by atoms with Gasteiger partial charge < -0.3 is 9.15 Å². The van der Waals surface area contributed by atoms with Crippen LogP contribution in [0.4, 0.5) is 23.8 Å². The molecular weight excluding hydrogens is 423 g/mol. The highest BCUT2D eigenvalue weighted by atomic mass is 19.4. The van der Waals surface area contributed by atoms with Gasteiger partial charge in [-0.2, -0.15) is 23.4 Å². The van der Waals surface area contributed by atoms with E-state index in [0.29, 0.717) is 0 Å². The summed E-state index contributed by atoms with van der Waals surface area (Å²) in [5.41, 5.74) is 1.56. The van der Waals surface area contributed by atoms with Crippen molar-refractivity contribution in [3.05, 3.63) is 63.8 Å². The van der Waals surface area contributed by atoms with Gasteiger partial charge in [0.25, 0.3) is 0 Å². The summed E-state index contributed by atoms with van der Waals surface area (Å²) in [6.45, 7) is 1.72. The highest BCUT2D eigenvalue weighted by Crippen LogP contribution is 2.31. The minimum atomic E-state index is -4.55. The predicted octanol–water partition coefficient (Wildman–Crippen LogP) is 4.14. The number of hydrazone groups is 1. The van der Waals surface area contributed by atoms with Crippen LogP contribution in [0.3, 0.4) is 0 Å². The van der Waals surface area contributed by atoms with Crippen molar-refractivity contribution in [2.45, 2.75) is 13.1 Å². The first kappa shape index (κ1) is 21.5. The van der Waals surface area contributed by atoms with E-state index in [1.807, 2.05) is 0 Å². The Morgan fingerprint density at radius 1 is 1.39 bits per heavy atom. The van der Waals surface area contributed by atoms with Crippen LogP contribution >= 0.6 is 0 Å². The number of alkyl halides is 3. The smallest absolute Gasteiger partial charge is 0.433 e. The number of ether oxygens (including phenoxy) is 1. The zero-order chi connectivity index (χ0) is 22.6. The number of amides is 1. The number of rotatable bonds is 6. The van der Waals surface area contributed by atoms with Gasteiger partial charge in [-0.1, -0.05) is 6.07 Å². The molecular formula is C18H14F3N5O5. The van der Waals surface area contributed by atoms with Crippen LogP contribution in [-0.4, -0.2) is 33.6 Å². The van der Waals surface area contributed by atoms with Crippen LogP contribution in [0.2, 0.25) is 0 Å². The van der Waals surface area contributed by atoms with Crippen LogP contribution in [0.15, 0.2) is 52.1 Å². The number of carbonyl (C=O) groups is 1. The van der Waals surface area contributed by atoms with Crippen LogP contribution < -0.4 is 5.43 Å². The molecule has 162 valence electrons. The van der Waals surface area contributed by atoms with Crippen molar-refractivity contribution in [2.24, 2.45) is 5.10 Å². The summed E-state index contributed by atoms with van der Waals surface area (Å²) in [6.07, 6.45) is -2.89. The van der Waals surface area contributed by atoms with Gasteiger partial charge in [-0.3, -0.25) is 10.1 Å². The second-order valence-corrected chi connectivity index (χ2v) is 5.91. The van der Waals surface area contributed by atoms with E-state index in [1.165, 1.54) is 24.4 Å². The van der Waals surface area contributed by atoms with E-state index < -0.39 is 28.6 Å². The second kappa shape index (κ2) is 8.69. The maximum atomic E-state index is 13.0. The molecule has 0 aliphatic heterocycles. The number of nitro groups is 1. The molecule has 1 N–H and O–H groups in total. The van der Waals surface area contributed by atoms with E-state index in [2.05, 4.69) is 20.4 Å². The maximum absolute atomic E-state index is 13.0. The van der Waals surface area contributed by atoms with Crippen molar-refractivity contribution >= 4 is 18.2 Å². The van der Waals surface area contributed by atoms with E-state index in [9.17, 15) is 28.1 Å². The van der Waals surface area contributed by atoms with Gasteiger partial charge in [0.05, 0.1) is 30.1 Å². The van der Waals surface area contributed by atoms with E-state index in [1.54, 1.807) is 6.92 Å². The Balaban J connectivity index is 2.02. The molecule has 31 heavy (non-hydrogen) atoms. The van der Waals surface area contributed by atoms with Gasteiger partial charge in [-0.05, 0) is 31.2 Å². The van der Waals surface area contributed by atoms with Gasteiger partial charge in [-0.25, -0.2) is 14.9 Å². The van der Waals surface area contributed by atoms with Crippen LogP contribution in [-0.2, 0) is 10.9 Å². The molecule has 0 aliphatic rings. The molecule has 2 heterocycles. The number of hydrogen-bond donors (Lipinski definition) is 1. The third-order valence-electron chi connectivity index (χ3n) is 3.82. The summed E-state index contributed by atoms with van der Waals surface area (Å²) in [5.74, 6) is -0.564. The van der Waals surface area contributed by atoms with Crippen LogP contribution in [0.25, 0.3) is 17.1 Å². The summed E-state index contributed by atoms with van der Waals surface area (Å²) in [5, 5.41) is 18.8. The van der Waals surface area contributed by atoms with Crippen LogP contribution in [0.5, 0.6) is 0 Å². The van der Waals surface area contributed by atoms with Crippen molar-refractivity contribution in [1.29, 1.82) is 0 Å². The molecule has 3 aromatic rings. The summed E-state index contributed by atoms with van der Waals surface area (Å²) >= 11 is 0. The second-order valence-electron chi connectivity index (χ2n) is 5.91. The molecule has 1 aromatic carbocycles. The molecule has 0 radical (unpaired) electrons. The fourth-order valence-electron chi connectivity index (χ4n) is 2.50. The zero-order valence-corrected chi connectivity index (χ0v) is 15.8. The molecule has 3 rings (SSSR count). The first-order chi connectivity index (χ1) is 14.7. The number of furan rings is 1. The standard InChI is InChI=1S/C18H14F3N5O5/c1-2-30-17(27)23-22-9-11-10-25(13-5-3-4-12(8-13)18(19,20)21)24-16(11)14-6-7-15(31-14)26(28)29/h3-10H,2H2,1H3,(H,23,27). The molecule has 0 fully saturated rings. The number of halogens is 3. The van der Waals surface area contributed by atoms with Gasteiger partial charge in [-0.15, -0.1) is 0 Å². The van der Waals surface area contributed by atoms with Gasteiger partial charge in [0.2, 0.25) is 0 Å². The lowest BCUT2D eigenvalue weighted by molar-refractivity contribution is -0.401. The lowest BCUT2D eigenvalue weighted by Gasteiger charge is -2.08. The molecule has 0 atom stereocenters. The molecule has 0 spiro atoms. The topological polar surface area (TPSA) is 125 Å². The molecule has 2 aromatic heterocycles. The molecule has 1 amide bonds. The number of nitrogens with zero attached hydrogens (tertiary/aromatic N) is 4. The third-order valence-corrected chi connectivity index (χ3v) is 3.82. The molecule has 13 heteroatoms. The number of hydrogen-bond acceptors (Lipinski definition) is 7. The van der Waals surface area contributed by atoms with Gasteiger partial charge in [0.1, 0.15) is 10.6 Å². The highest BCUT2D eigenvalue weighted by Gasteiger charge is 2.30. The molecule has 0 aliphatic carbocycles. The minimum Gasteiger partial charge on any atom is -0.449 e. The largest absolute Gasteiger partial charge is 0.449 e. The van der Waals surface area contributed by atoms with Crippen molar-refractivity contribution in [3.63, 3.8) is 0 Å². The van der Waals surface area contributed by atoms with Gasteiger partial charge in [0.15, 0.2) is 5.76 Å². The van der Waals surface area contributed by atoms with E-state index in [0.717, 1.165) is 29.1 Å². The lowest BCUT2D eigenvalue weighted by atomic mass is 10.2. The fourth-order valence-corrected chi connectivity index (χ4v) is 2.50. The molecule has 0 saturated carbocycles. The average molecular weight is 437 g/mol. The lowest BCUT2D eigenvalue weighted by Crippen LogP contribution is -2.18. The van der Waals surface area contributed by atoms with Crippen molar-refractivity contribution in [1.82, 2.24) is 15.2 Å². The Kier molecular flexibility index (Phi) is 6.04. The summed E-state index contributed by atoms with van der Waals surface area (Å²) < 4.78 is 50.0. The quantitative estimate of drug-likeness (QED) is 0.351. The number of benzene rings is 1. The summed E-state index contributed by atoms with van der Waals surface area (Å²) in [7, 11) is 0. The predicted molar refractivity (Wildman–Crippen MR) is 101 cm³/mol. The average Bonchev–Trinajstić information content (AvgIpc) is 3.35. The summed E-state index contributed by atoms with van der Waals surface area (Å²) in [6, 6.07) is 6.81. The zero-order valence-electron chi connectivity index (χ0n) is 15.8. The fraction of sp³-hybridized carbons (Fsp3) is 0.167. The van der Waals surface area contributed by atoms with E-state index in [4.69, 9.17) is 4.42 Å². The first-order valence-electron chi connectivity index (χ1n) is 8.66. The molecule has 10 nitrogen and oxygen atoms in total. The van der Waals surface area contributed by atoms with Crippen molar-refractivity contribution in [2.75, 3.05) is 6.61 Å². The Labute approximate surface area is 172 Å². The molecule has 0 unspecified atom stereocenters. The Morgan fingerprint density at radius 2 is 2.16 bits per heavy atom. The third kappa shape index (κ3) is 5.07. The normalized spacial score (nSPS) is 11.6. The van der Waals surface area contributed by atoms with Gasteiger partial charge in [0, 0.05) is 11.8 Å². The highest BCUT2D eigenvalue weighted by molar-refractivity contribution is 5.88. The number of carbonyl (C=O) groups excluding carboxylic acids is 1. The monoisotopic (exact) mass is 437 g/mol. The number of nitrogens with one attached hydrogen (secondary N) is 1. The number of aromatic nitrogens is 2. The van der Waals surface area contributed by atoms with Crippen LogP contribution in [0.1, 0.15) is 18.1 Å². The Morgan fingerprint density at radius 3 is 2.81 bits per heavy atom. The molecule has 0 saturated heterocycles. The van der Waals surface area contributed by atoms with Crippen molar-refractivity contribution < 1.29 is 32.0 Å². The van der Waals surface area contributed by atoms with E-state index in [-0.39, 0.29) is 29.3 Å². The Hall–Kier alpha value is -4.16. The maximum Gasteiger partial charge on any atom is 0.433 e. The summed E-state index contributed by atoms with van der Waals surface area (Å²) in [4.78, 5) is 21.5. The SMILES string of the molecule is CCOC(=O)NN=Cc1cn(-c2cccc(C(F)(F)F)c2)nc1-c1ccc([N+](=O)[O-])o1. The first-order valence-corrected chi connectivity index (χ1v) is 8.66. The van der Waals surface area contributed by atoms with Gasteiger partial charge >= 0.3 is 18.2 Å². The van der Waals surface area contributed by atoms with Crippen molar-refractivity contribution in [3.8, 4) is 17.1 Å². The van der Waals surface area contributed by atoms with E-state index >= 15 is 0 Å². The van der Waals surface area contributed by atoms with Crippen LogP contribution in [0, 0.1) is 10.1 Å². The Bertz CT molecular complexity index is 1140. The molecule has 0 bridgehead atoms.